The maximum Gasteiger partial charge on any atom is 0.255 e. The van der Waals surface area contributed by atoms with Crippen molar-refractivity contribution in [3.8, 4) is 22.9 Å². The van der Waals surface area contributed by atoms with Crippen LogP contribution < -0.4 is 14.4 Å². The molecule has 1 fully saturated rings. The van der Waals surface area contributed by atoms with Crippen molar-refractivity contribution in [2.75, 3.05) is 31.5 Å². The van der Waals surface area contributed by atoms with E-state index in [2.05, 4.69) is 42.8 Å². The number of anilines is 1. The molecule has 1 atom stereocenters. The molecule has 7 rings (SSSR count). The monoisotopic (exact) mass is 511 g/mol. The zero-order valence-electron chi connectivity index (χ0n) is 21.7. The third-order valence-electron chi connectivity index (χ3n) is 7.90. The fourth-order valence-corrected chi connectivity index (χ4v) is 5.80. The normalized spacial score (nSPS) is 19.7. The average molecular weight is 512 g/mol. The van der Waals surface area contributed by atoms with Crippen LogP contribution in [0.1, 0.15) is 42.4 Å². The number of fused-ring (bicyclic) bond motifs is 3. The fourth-order valence-electron chi connectivity index (χ4n) is 5.80. The van der Waals surface area contributed by atoms with Crippen molar-refractivity contribution in [3.05, 3.63) is 65.5 Å². The molecule has 4 aromatic rings. The number of nitrogens with zero attached hydrogens (tertiary/aromatic N) is 4. The van der Waals surface area contributed by atoms with Gasteiger partial charge in [-0.25, -0.2) is 9.97 Å². The summed E-state index contributed by atoms with van der Waals surface area (Å²) in [5.74, 6) is 2.70. The van der Waals surface area contributed by atoms with E-state index in [1.165, 1.54) is 0 Å². The van der Waals surface area contributed by atoms with Gasteiger partial charge in [0.15, 0.2) is 17.3 Å². The Morgan fingerprint density at radius 2 is 1.97 bits per heavy atom. The van der Waals surface area contributed by atoms with Gasteiger partial charge in [-0.3, -0.25) is 4.79 Å². The Morgan fingerprint density at radius 3 is 2.84 bits per heavy atom. The standard InChI is InChI=1S/C29H29N5O4/c1-17-15-36-12-11-33(17)27-21-14-34(28(35)18-7-8-23-24(13-18)38-16-37-23)29(2,3)25(21)31-26(32-27)20-5-4-6-22-19(20)9-10-30-22/h4-10,13,17,30H,11-12,14-16H2,1-3H3. The second kappa shape index (κ2) is 8.46. The van der Waals surface area contributed by atoms with Crippen LogP contribution in [0.2, 0.25) is 0 Å². The van der Waals surface area contributed by atoms with Crippen molar-refractivity contribution in [1.82, 2.24) is 19.9 Å². The predicted octanol–water partition coefficient (Wildman–Crippen LogP) is 4.47. The molecule has 38 heavy (non-hydrogen) atoms. The maximum absolute atomic E-state index is 13.9. The number of hydrogen-bond donors (Lipinski definition) is 1. The molecule has 2 aromatic heterocycles. The Kier molecular flexibility index (Phi) is 5.13. The van der Waals surface area contributed by atoms with Crippen LogP contribution in [0.15, 0.2) is 48.7 Å². The first-order valence-corrected chi connectivity index (χ1v) is 13.0. The third-order valence-corrected chi connectivity index (χ3v) is 7.90. The van der Waals surface area contributed by atoms with E-state index in [1.54, 1.807) is 18.2 Å². The fraction of sp³-hybridized carbons (Fsp3) is 0.345. The number of aromatic nitrogens is 3. The van der Waals surface area contributed by atoms with Crippen LogP contribution in [-0.2, 0) is 16.8 Å². The lowest BCUT2D eigenvalue weighted by Crippen LogP contribution is -2.44. The summed E-state index contributed by atoms with van der Waals surface area (Å²) in [6.45, 7) is 8.85. The predicted molar refractivity (Wildman–Crippen MR) is 142 cm³/mol. The van der Waals surface area contributed by atoms with E-state index in [4.69, 9.17) is 24.2 Å². The van der Waals surface area contributed by atoms with Crippen molar-refractivity contribution < 1.29 is 19.0 Å². The second-order valence-electron chi connectivity index (χ2n) is 10.6. The number of carbonyl (C=O) groups excluding carboxylic acids is 1. The number of carbonyl (C=O) groups is 1. The van der Waals surface area contributed by atoms with Crippen LogP contribution in [0.5, 0.6) is 11.5 Å². The molecule has 9 nitrogen and oxygen atoms in total. The lowest BCUT2D eigenvalue weighted by Gasteiger charge is -2.35. The molecule has 0 radical (unpaired) electrons. The van der Waals surface area contributed by atoms with Gasteiger partial charge in [-0.2, -0.15) is 0 Å². The zero-order valence-corrected chi connectivity index (χ0v) is 21.7. The highest BCUT2D eigenvalue weighted by molar-refractivity contribution is 5.96. The minimum atomic E-state index is -0.656. The van der Waals surface area contributed by atoms with Gasteiger partial charge in [0.2, 0.25) is 6.79 Å². The molecule has 194 valence electrons. The Balaban J connectivity index is 1.36. The van der Waals surface area contributed by atoms with E-state index in [9.17, 15) is 4.79 Å². The lowest BCUT2D eigenvalue weighted by molar-refractivity contribution is 0.0570. The van der Waals surface area contributed by atoms with E-state index in [-0.39, 0.29) is 18.7 Å². The quantitative estimate of drug-likeness (QED) is 0.434. The molecular formula is C29H29N5O4. The molecule has 0 saturated carbocycles. The number of morpholine rings is 1. The first kappa shape index (κ1) is 23.0. The van der Waals surface area contributed by atoms with Gasteiger partial charge in [0.05, 0.1) is 37.0 Å². The number of ether oxygens (including phenoxy) is 3. The van der Waals surface area contributed by atoms with E-state index in [0.29, 0.717) is 42.6 Å². The Hall–Kier alpha value is -4.11. The minimum absolute atomic E-state index is 0.0819. The van der Waals surface area contributed by atoms with Crippen LogP contribution in [0, 0.1) is 0 Å². The number of nitrogens with one attached hydrogen (secondary N) is 1. The number of aromatic amines is 1. The molecule has 3 aliphatic heterocycles. The van der Waals surface area contributed by atoms with Crippen LogP contribution in [0.3, 0.4) is 0 Å². The van der Waals surface area contributed by atoms with Crippen molar-refractivity contribution in [2.24, 2.45) is 0 Å². The molecule has 1 amide bonds. The van der Waals surface area contributed by atoms with Gasteiger partial charge in [0.1, 0.15) is 5.82 Å². The third kappa shape index (κ3) is 3.45. The summed E-state index contributed by atoms with van der Waals surface area (Å²) < 4.78 is 16.7. The highest BCUT2D eigenvalue weighted by Gasteiger charge is 2.45. The van der Waals surface area contributed by atoms with E-state index in [0.717, 1.165) is 40.1 Å². The summed E-state index contributed by atoms with van der Waals surface area (Å²) in [5.41, 5.74) is 3.76. The van der Waals surface area contributed by atoms with Gasteiger partial charge in [0, 0.05) is 40.3 Å². The van der Waals surface area contributed by atoms with Gasteiger partial charge >= 0.3 is 0 Å². The maximum atomic E-state index is 13.9. The van der Waals surface area contributed by atoms with Crippen molar-refractivity contribution in [3.63, 3.8) is 0 Å². The van der Waals surface area contributed by atoms with Crippen LogP contribution in [0.25, 0.3) is 22.3 Å². The SMILES string of the molecule is CC1COCCN1c1nc(-c2cccc3[nH]ccc23)nc2c1CN(C(=O)c1ccc3c(c1)OCO3)C2(C)C. The average Bonchev–Trinajstić information content (AvgIpc) is 3.65. The molecule has 0 bridgehead atoms. The first-order valence-electron chi connectivity index (χ1n) is 13.0. The molecule has 3 aliphatic rings. The number of H-pyrrole nitrogens is 1. The van der Waals surface area contributed by atoms with E-state index < -0.39 is 5.54 Å². The number of hydrogen-bond acceptors (Lipinski definition) is 7. The molecule has 0 spiro atoms. The summed E-state index contributed by atoms with van der Waals surface area (Å²) in [7, 11) is 0. The first-order chi connectivity index (χ1) is 18.4. The van der Waals surface area contributed by atoms with Crippen molar-refractivity contribution >= 4 is 22.6 Å². The van der Waals surface area contributed by atoms with Gasteiger partial charge in [-0.15, -0.1) is 0 Å². The summed E-state index contributed by atoms with van der Waals surface area (Å²) >= 11 is 0. The minimum Gasteiger partial charge on any atom is -0.454 e. The van der Waals surface area contributed by atoms with Gasteiger partial charge < -0.3 is 29.0 Å². The summed E-state index contributed by atoms with van der Waals surface area (Å²) in [6, 6.07) is 13.7. The second-order valence-corrected chi connectivity index (χ2v) is 10.6. The number of rotatable bonds is 3. The number of benzene rings is 2. The molecule has 0 aliphatic carbocycles. The topological polar surface area (TPSA) is 92.8 Å². The van der Waals surface area contributed by atoms with Crippen LogP contribution in [-0.4, -0.2) is 58.4 Å². The van der Waals surface area contributed by atoms with Crippen molar-refractivity contribution in [2.45, 2.75) is 38.9 Å². The highest BCUT2D eigenvalue weighted by atomic mass is 16.7. The van der Waals surface area contributed by atoms with E-state index in [1.807, 2.05) is 23.2 Å². The molecule has 2 aromatic carbocycles. The van der Waals surface area contributed by atoms with Crippen LogP contribution >= 0.6 is 0 Å². The smallest absolute Gasteiger partial charge is 0.255 e. The largest absolute Gasteiger partial charge is 0.454 e. The van der Waals surface area contributed by atoms with Crippen molar-refractivity contribution in [1.29, 1.82) is 0 Å². The molecule has 1 N–H and O–H groups in total. The highest BCUT2D eigenvalue weighted by Crippen LogP contribution is 2.44. The summed E-state index contributed by atoms with van der Waals surface area (Å²) in [6.07, 6.45) is 1.93. The summed E-state index contributed by atoms with van der Waals surface area (Å²) in [5, 5.41) is 1.07. The van der Waals surface area contributed by atoms with Gasteiger partial charge in [-0.1, -0.05) is 12.1 Å². The molecular weight excluding hydrogens is 482 g/mol. The molecule has 1 unspecified atom stereocenters. The Bertz CT molecular complexity index is 1580. The molecule has 5 heterocycles. The summed E-state index contributed by atoms with van der Waals surface area (Å²) in [4.78, 5) is 31.7. The number of amides is 1. The van der Waals surface area contributed by atoms with Gasteiger partial charge in [0.25, 0.3) is 5.91 Å². The lowest BCUT2D eigenvalue weighted by atomic mass is 9.98. The molecule has 9 heteroatoms. The zero-order chi connectivity index (χ0) is 26.0. The molecule has 1 saturated heterocycles. The van der Waals surface area contributed by atoms with Gasteiger partial charge in [-0.05, 0) is 51.1 Å². The van der Waals surface area contributed by atoms with Crippen LogP contribution in [0.4, 0.5) is 5.82 Å². The Labute approximate surface area is 220 Å². The van der Waals surface area contributed by atoms with E-state index >= 15 is 0 Å². The Morgan fingerprint density at radius 1 is 1.11 bits per heavy atom.